The number of rotatable bonds is 2. The van der Waals surface area contributed by atoms with Crippen LogP contribution in [0, 0.1) is 17.3 Å². The van der Waals surface area contributed by atoms with Crippen molar-refractivity contribution in [1.82, 2.24) is 0 Å². The molecule has 4 rings (SSSR count). The quantitative estimate of drug-likeness (QED) is 0.603. The van der Waals surface area contributed by atoms with Gasteiger partial charge in [-0.05, 0) is 97.5 Å². The van der Waals surface area contributed by atoms with E-state index in [1.165, 1.54) is 49.7 Å². The minimum atomic E-state index is 0.229. The van der Waals surface area contributed by atoms with Crippen LogP contribution in [-0.4, -0.2) is 11.7 Å². The monoisotopic (exact) mass is 344 g/mol. The Morgan fingerprint density at radius 1 is 1.29 bits per heavy atom. The fraction of sp³-hybridized carbons (Fsp3) is 0.619. The van der Waals surface area contributed by atoms with Crippen LogP contribution >= 0.6 is 9.47 Å². The molecule has 0 bridgehead atoms. The molecule has 0 amide bonds. The van der Waals surface area contributed by atoms with Crippen LogP contribution in [0.1, 0.15) is 63.0 Å². The first-order chi connectivity index (χ1) is 11.6. The lowest BCUT2D eigenvalue weighted by Crippen LogP contribution is -2.40. The molecule has 0 aliphatic heterocycles. The number of hydrogen-bond donors (Lipinski definition) is 1. The number of aryl methyl sites for hydroxylation is 1. The summed E-state index contributed by atoms with van der Waals surface area (Å²) in [5.41, 5.74) is 6.22. The largest absolute Gasteiger partial charge is 0.480 e. The first kappa shape index (κ1) is 16.6. The van der Waals surface area contributed by atoms with Crippen molar-refractivity contribution in [2.75, 3.05) is 6.61 Å². The summed E-state index contributed by atoms with van der Waals surface area (Å²) in [6.07, 6.45) is 7.56. The van der Waals surface area contributed by atoms with Crippen LogP contribution in [0.15, 0.2) is 29.3 Å². The SMILES string of the molecule is C/C(CO)=C1/CCC2C3CCc4cc(OP)ccc4C3CCC12C. The molecule has 1 N–H and O–H groups in total. The van der Waals surface area contributed by atoms with E-state index in [1.807, 2.05) is 0 Å². The molecule has 130 valence electrons. The van der Waals surface area contributed by atoms with Gasteiger partial charge in [0.2, 0.25) is 0 Å². The van der Waals surface area contributed by atoms with Crippen molar-refractivity contribution in [1.29, 1.82) is 0 Å². The van der Waals surface area contributed by atoms with Gasteiger partial charge in [-0.1, -0.05) is 18.6 Å². The molecule has 3 aliphatic carbocycles. The predicted molar refractivity (Wildman–Crippen MR) is 101 cm³/mol. The Bertz CT molecular complexity index is 680. The summed E-state index contributed by atoms with van der Waals surface area (Å²) in [6.45, 7) is 4.85. The lowest BCUT2D eigenvalue weighted by Gasteiger charge is -2.50. The molecule has 0 spiro atoms. The van der Waals surface area contributed by atoms with Gasteiger partial charge in [0.25, 0.3) is 0 Å². The van der Waals surface area contributed by atoms with Crippen LogP contribution in [0.5, 0.6) is 5.75 Å². The van der Waals surface area contributed by atoms with Crippen molar-refractivity contribution in [3.05, 3.63) is 40.5 Å². The molecule has 5 unspecified atom stereocenters. The van der Waals surface area contributed by atoms with Gasteiger partial charge in [0, 0.05) is 0 Å². The van der Waals surface area contributed by atoms with Gasteiger partial charge >= 0.3 is 0 Å². The molecule has 3 aliphatic rings. The van der Waals surface area contributed by atoms with Gasteiger partial charge in [0.15, 0.2) is 0 Å². The Labute approximate surface area is 148 Å². The number of aliphatic hydroxyl groups excluding tert-OH is 1. The molecule has 0 saturated heterocycles. The molecule has 5 atom stereocenters. The Balaban J connectivity index is 1.68. The van der Waals surface area contributed by atoms with E-state index >= 15 is 0 Å². The molecular weight excluding hydrogens is 315 g/mol. The first-order valence-electron chi connectivity index (χ1n) is 9.38. The maximum Gasteiger partial charge on any atom is 0.122 e. The number of benzene rings is 1. The summed E-state index contributed by atoms with van der Waals surface area (Å²) >= 11 is 0. The highest BCUT2D eigenvalue weighted by atomic mass is 31.0. The lowest BCUT2D eigenvalue weighted by atomic mass is 9.55. The van der Waals surface area contributed by atoms with Crippen LogP contribution in [0.25, 0.3) is 0 Å². The predicted octanol–water partition coefficient (Wildman–Crippen LogP) is 5.02. The van der Waals surface area contributed by atoms with E-state index < -0.39 is 0 Å². The van der Waals surface area contributed by atoms with E-state index in [0.29, 0.717) is 5.41 Å². The minimum Gasteiger partial charge on any atom is -0.480 e. The molecule has 2 fully saturated rings. The zero-order valence-electron chi connectivity index (χ0n) is 14.8. The Morgan fingerprint density at radius 2 is 2.12 bits per heavy atom. The molecule has 2 saturated carbocycles. The summed E-state index contributed by atoms with van der Waals surface area (Å²) in [4.78, 5) is 0. The highest BCUT2D eigenvalue weighted by Crippen LogP contribution is 2.63. The number of fused-ring (bicyclic) bond motifs is 5. The van der Waals surface area contributed by atoms with E-state index in [-0.39, 0.29) is 6.61 Å². The molecule has 1 aromatic carbocycles. The minimum absolute atomic E-state index is 0.229. The van der Waals surface area contributed by atoms with Crippen LogP contribution in [0.2, 0.25) is 0 Å². The third kappa shape index (κ3) is 2.37. The standard InChI is InChI=1S/C21H29O2P/c1-13(12-22)19-7-8-20-18-5-3-14-11-15(23-24)4-6-16(14)17(18)9-10-21(19,20)2/h4,6,11,17-18,20,22H,3,5,7-10,12,24H2,1-2H3/b19-13+. The smallest absolute Gasteiger partial charge is 0.122 e. The van der Waals surface area contributed by atoms with E-state index in [0.717, 1.165) is 23.5 Å². The summed E-state index contributed by atoms with van der Waals surface area (Å²) in [5, 5.41) is 9.64. The van der Waals surface area contributed by atoms with Gasteiger partial charge < -0.3 is 9.63 Å². The Morgan fingerprint density at radius 3 is 2.88 bits per heavy atom. The van der Waals surface area contributed by atoms with Crippen LogP contribution in [0.3, 0.4) is 0 Å². The van der Waals surface area contributed by atoms with Gasteiger partial charge in [-0.15, -0.1) is 0 Å². The molecule has 0 radical (unpaired) electrons. The number of aliphatic hydroxyl groups is 1. The zero-order valence-corrected chi connectivity index (χ0v) is 16.0. The average Bonchev–Trinajstić information content (AvgIpc) is 2.97. The normalized spacial score (nSPS) is 36.6. The molecular formula is C21H29O2P. The second-order valence-electron chi connectivity index (χ2n) is 8.31. The van der Waals surface area contributed by atoms with Crippen LogP contribution in [0.4, 0.5) is 0 Å². The summed E-state index contributed by atoms with van der Waals surface area (Å²) in [5.74, 6) is 3.28. The van der Waals surface area contributed by atoms with Crippen molar-refractivity contribution >= 4 is 9.47 Å². The number of hydrogen-bond acceptors (Lipinski definition) is 2. The highest BCUT2D eigenvalue weighted by molar-refractivity contribution is 7.10. The van der Waals surface area contributed by atoms with E-state index in [1.54, 1.807) is 11.1 Å². The summed E-state index contributed by atoms with van der Waals surface area (Å²) in [7, 11) is 2.35. The molecule has 2 nitrogen and oxygen atoms in total. The van der Waals surface area contributed by atoms with Crippen molar-refractivity contribution in [3.63, 3.8) is 0 Å². The van der Waals surface area contributed by atoms with Crippen molar-refractivity contribution in [3.8, 4) is 5.75 Å². The maximum absolute atomic E-state index is 9.64. The van der Waals surface area contributed by atoms with Crippen LogP contribution < -0.4 is 4.52 Å². The molecule has 24 heavy (non-hydrogen) atoms. The first-order valence-corrected chi connectivity index (χ1v) is 9.85. The van der Waals surface area contributed by atoms with E-state index in [9.17, 15) is 5.11 Å². The topological polar surface area (TPSA) is 29.5 Å². The fourth-order valence-electron chi connectivity index (χ4n) is 6.24. The van der Waals surface area contributed by atoms with Gasteiger partial charge in [-0.25, -0.2) is 0 Å². The molecule has 3 heteroatoms. The van der Waals surface area contributed by atoms with Gasteiger partial charge in [0.05, 0.1) is 16.1 Å². The van der Waals surface area contributed by atoms with Gasteiger partial charge in [-0.3, -0.25) is 0 Å². The fourth-order valence-corrected chi connectivity index (χ4v) is 6.39. The number of allylic oxidation sites excluding steroid dienone is 1. The van der Waals surface area contributed by atoms with Crippen LogP contribution in [-0.2, 0) is 6.42 Å². The second-order valence-corrected chi connectivity index (χ2v) is 8.54. The third-order valence-electron chi connectivity index (χ3n) is 7.37. The summed E-state index contributed by atoms with van der Waals surface area (Å²) < 4.78 is 5.34. The average molecular weight is 344 g/mol. The lowest BCUT2D eigenvalue weighted by molar-refractivity contribution is 0.0804. The second kappa shape index (κ2) is 6.15. The third-order valence-corrected chi connectivity index (χ3v) is 7.64. The van der Waals surface area contributed by atoms with E-state index in [4.69, 9.17) is 4.52 Å². The van der Waals surface area contributed by atoms with Crippen molar-refractivity contribution < 1.29 is 9.63 Å². The van der Waals surface area contributed by atoms with Gasteiger partial charge in [-0.2, -0.15) is 0 Å². The Kier molecular flexibility index (Phi) is 4.25. The molecule has 0 aromatic heterocycles. The van der Waals surface area contributed by atoms with E-state index in [2.05, 4.69) is 41.5 Å². The van der Waals surface area contributed by atoms with Crippen molar-refractivity contribution in [2.45, 2.75) is 58.3 Å². The van der Waals surface area contributed by atoms with Crippen molar-refractivity contribution in [2.24, 2.45) is 17.3 Å². The maximum atomic E-state index is 9.64. The molecule has 0 heterocycles. The van der Waals surface area contributed by atoms with Gasteiger partial charge in [0.1, 0.15) is 5.75 Å². The summed E-state index contributed by atoms with van der Waals surface area (Å²) in [6, 6.07) is 6.68. The zero-order chi connectivity index (χ0) is 16.9. The Hall–Kier alpha value is -0.850. The highest BCUT2D eigenvalue weighted by Gasteiger charge is 2.52. The molecule has 1 aromatic rings.